The van der Waals surface area contributed by atoms with Crippen molar-refractivity contribution in [3.8, 4) is 0 Å². The van der Waals surface area contributed by atoms with Gasteiger partial charge >= 0.3 is 0 Å². The van der Waals surface area contributed by atoms with Crippen LogP contribution in [0.3, 0.4) is 0 Å². The lowest BCUT2D eigenvalue weighted by Gasteiger charge is -2.17. The third-order valence-electron chi connectivity index (χ3n) is 2.39. The van der Waals surface area contributed by atoms with Gasteiger partial charge in [0.25, 0.3) is 0 Å². The van der Waals surface area contributed by atoms with E-state index in [0.29, 0.717) is 12.5 Å². The highest BCUT2D eigenvalue weighted by Gasteiger charge is 2.07. The van der Waals surface area contributed by atoms with Gasteiger partial charge in [-0.25, -0.2) is 0 Å². The average molecular weight is 196 g/mol. The molecule has 0 saturated heterocycles. The van der Waals surface area contributed by atoms with Crippen molar-refractivity contribution in [3.63, 3.8) is 0 Å². The molecule has 0 bridgehead atoms. The molecule has 1 rings (SSSR count). The Bertz CT molecular complexity index is 201. The summed E-state index contributed by atoms with van der Waals surface area (Å²) in [4.78, 5) is 11.1. The van der Waals surface area contributed by atoms with Crippen LogP contribution in [-0.4, -0.2) is 25.0 Å². The quantitative estimate of drug-likeness (QED) is 0.649. The number of nitrogens with one attached hydrogen (secondary N) is 2. The van der Waals surface area contributed by atoms with E-state index in [0.717, 1.165) is 13.1 Å². The normalized spacial score (nSPS) is 20.8. The molecule has 0 aromatic rings. The molecule has 0 fully saturated rings. The molecule has 3 heteroatoms. The van der Waals surface area contributed by atoms with E-state index < -0.39 is 0 Å². The number of allylic oxidation sites excluding steroid dienone is 1. The molecule has 3 nitrogen and oxygen atoms in total. The van der Waals surface area contributed by atoms with Crippen molar-refractivity contribution in [2.75, 3.05) is 13.1 Å². The Hall–Kier alpha value is -0.830. The highest BCUT2D eigenvalue weighted by atomic mass is 16.1. The van der Waals surface area contributed by atoms with Crippen molar-refractivity contribution in [2.45, 2.75) is 38.6 Å². The molecular formula is C11H20N2O. The molecule has 0 saturated carbocycles. The molecule has 0 aromatic carbocycles. The summed E-state index contributed by atoms with van der Waals surface area (Å²) in [6.45, 7) is 3.44. The topological polar surface area (TPSA) is 41.1 Å². The van der Waals surface area contributed by atoms with E-state index in [-0.39, 0.29) is 5.91 Å². The van der Waals surface area contributed by atoms with Gasteiger partial charge in [-0.05, 0) is 26.2 Å². The standard InChI is InChI=1S/C11H20N2O/c1-2-12-11(14)8-9-13-10-6-4-3-5-7-10/h4,6,10,13H,2-3,5,7-9H2,1H3,(H,12,14). The summed E-state index contributed by atoms with van der Waals surface area (Å²) in [5.41, 5.74) is 0. The summed E-state index contributed by atoms with van der Waals surface area (Å²) >= 11 is 0. The minimum Gasteiger partial charge on any atom is -0.356 e. The van der Waals surface area contributed by atoms with Crippen LogP contribution in [0.25, 0.3) is 0 Å². The van der Waals surface area contributed by atoms with Crippen molar-refractivity contribution in [1.29, 1.82) is 0 Å². The van der Waals surface area contributed by atoms with Crippen molar-refractivity contribution in [2.24, 2.45) is 0 Å². The molecule has 0 spiro atoms. The van der Waals surface area contributed by atoms with Crippen molar-refractivity contribution in [1.82, 2.24) is 10.6 Å². The molecule has 1 aliphatic rings. The molecule has 80 valence electrons. The second kappa shape index (κ2) is 6.60. The molecule has 0 aliphatic heterocycles. The lowest BCUT2D eigenvalue weighted by molar-refractivity contribution is -0.120. The van der Waals surface area contributed by atoms with Gasteiger partial charge in [-0.3, -0.25) is 4.79 Å². The molecule has 1 aliphatic carbocycles. The number of amides is 1. The van der Waals surface area contributed by atoms with Gasteiger partial charge in [0, 0.05) is 25.6 Å². The molecule has 1 amide bonds. The maximum atomic E-state index is 11.1. The summed E-state index contributed by atoms with van der Waals surface area (Å²) in [5.74, 6) is 0.139. The highest BCUT2D eigenvalue weighted by molar-refractivity contribution is 5.75. The number of carbonyl (C=O) groups excluding carboxylic acids is 1. The zero-order chi connectivity index (χ0) is 10.2. The monoisotopic (exact) mass is 196 g/mol. The minimum atomic E-state index is 0.139. The summed E-state index contributed by atoms with van der Waals surface area (Å²) < 4.78 is 0. The highest BCUT2D eigenvalue weighted by Crippen LogP contribution is 2.09. The van der Waals surface area contributed by atoms with Gasteiger partial charge in [0.2, 0.25) is 5.91 Å². The first-order valence-electron chi connectivity index (χ1n) is 5.49. The molecule has 1 unspecified atom stereocenters. The fourth-order valence-electron chi connectivity index (χ4n) is 1.64. The maximum Gasteiger partial charge on any atom is 0.221 e. The Morgan fingerprint density at radius 3 is 3.07 bits per heavy atom. The fraction of sp³-hybridized carbons (Fsp3) is 0.727. The van der Waals surface area contributed by atoms with Crippen LogP contribution in [0, 0.1) is 0 Å². The van der Waals surface area contributed by atoms with Gasteiger partial charge < -0.3 is 10.6 Å². The minimum absolute atomic E-state index is 0.139. The van der Waals surface area contributed by atoms with Crippen LogP contribution in [0.1, 0.15) is 32.6 Å². The smallest absolute Gasteiger partial charge is 0.221 e. The zero-order valence-electron chi connectivity index (χ0n) is 8.88. The fourth-order valence-corrected chi connectivity index (χ4v) is 1.64. The molecule has 14 heavy (non-hydrogen) atoms. The van der Waals surface area contributed by atoms with Crippen LogP contribution in [0.15, 0.2) is 12.2 Å². The van der Waals surface area contributed by atoms with Crippen LogP contribution in [0.4, 0.5) is 0 Å². The SMILES string of the molecule is CCNC(=O)CCNC1C=CCCC1. The molecule has 0 radical (unpaired) electrons. The van der Waals surface area contributed by atoms with Gasteiger partial charge in [0.1, 0.15) is 0 Å². The van der Waals surface area contributed by atoms with E-state index >= 15 is 0 Å². The van der Waals surface area contributed by atoms with E-state index in [2.05, 4.69) is 22.8 Å². The average Bonchev–Trinajstić information content (AvgIpc) is 2.20. The largest absolute Gasteiger partial charge is 0.356 e. The molecular weight excluding hydrogens is 176 g/mol. The lowest BCUT2D eigenvalue weighted by atomic mass is 10.0. The molecule has 2 N–H and O–H groups in total. The van der Waals surface area contributed by atoms with E-state index in [1.54, 1.807) is 0 Å². The van der Waals surface area contributed by atoms with Crippen LogP contribution in [0.5, 0.6) is 0 Å². The number of rotatable bonds is 5. The summed E-state index contributed by atoms with van der Waals surface area (Å²) in [7, 11) is 0. The Kier molecular flexibility index (Phi) is 5.30. The predicted octanol–water partition coefficient (Wildman–Crippen LogP) is 1.21. The summed E-state index contributed by atoms with van der Waals surface area (Å²) in [5, 5.41) is 6.15. The second-order valence-corrected chi connectivity index (χ2v) is 3.62. The Balaban J connectivity index is 2.05. The van der Waals surface area contributed by atoms with Gasteiger partial charge in [-0.2, -0.15) is 0 Å². The summed E-state index contributed by atoms with van der Waals surface area (Å²) in [6, 6.07) is 0.484. The van der Waals surface area contributed by atoms with Crippen LogP contribution in [0.2, 0.25) is 0 Å². The van der Waals surface area contributed by atoms with Gasteiger partial charge in [0.05, 0.1) is 0 Å². The van der Waals surface area contributed by atoms with Gasteiger partial charge in [-0.15, -0.1) is 0 Å². The second-order valence-electron chi connectivity index (χ2n) is 3.62. The third-order valence-corrected chi connectivity index (χ3v) is 2.39. The molecule has 0 aromatic heterocycles. The number of hydrogen-bond acceptors (Lipinski definition) is 2. The van der Waals surface area contributed by atoms with Crippen LogP contribution < -0.4 is 10.6 Å². The van der Waals surface area contributed by atoms with E-state index in [9.17, 15) is 4.79 Å². The van der Waals surface area contributed by atoms with Gasteiger partial charge in [-0.1, -0.05) is 12.2 Å². The van der Waals surface area contributed by atoms with E-state index in [1.165, 1.54) is 19.3 Å². The molecule has 0 heterocycles. The number of hydrogen-bond donors (Lipinski definition) is 2. The Labute approximate surface area is 86.0 Å². The lowest BCUT2D eigenvalue weighted by Crippen LogP contribution is -2.33. The first kappa shape index (κ1) is 11.2. The zero-order valence-corrected chi connectivity index (χ0v) is 8.88. The first-order chi connectivity index (χ1) is 6.83. The van der Waals surface area contributed by atoms with E-state index in [4.69, 9.17) is 0 Å². The van der Waals surface area contributed by atoms with Crippen molar-refractivity contribution < 1.29 is 4.79 Å². The maximum absolute atomic E-state index is 11.1. The van der Waals surface area contributed by atoms with Crippen LogP contribution >= 0.6 is 0 Å². The van der Waals surface area contributed by atoms with Crippen molar-refractivity contribution in [3.05, 3.63) is 12.2 Å². The predicted molar refractivity (Wildman–Crippen MR) is 58.1 cm³/mol. The van der Waals surface area contributed by atoms with Crippen LogP contribution in [-0.2, 0) is 4.79 Å². The Morgan fingerprint density at radius 2 is 2.43 bits per heavy atom. The van der Waals surface area contributed by atoms with Crippen molar-refractivity contribution >= 4 is 5.91 Å². The van der Waals surface area contributed by atoms with E-state index in [1.807, 2.05) is 6.92 Å². The first-order valence-corrected chi connectivity index (χ1v) is 5.49. The van der Waals surface area contributed by atoms with Gasteiger partial charge in [0.15, 0.2) is 0 Å². The third kappa shape index (κ3) is 4.42. The molecule has 1 atom stereocenters. The number of carbonyl (C=O) groups is 1. The Morgan fingerprint density at radius 1 is 1.57 bits per heavy atom. The summed E-state index contributed by atoms with van der Waals surface area (Å²) in [6.07, 6.45) is 8.67.